The molecule has 2 unspecified atom stereocenters. The van der Waals surface area contributed by atoms with E-state index in [0.29, 0.717) is 23.8 Å². The fourth-order valence-corrected chi connectivity index (χ4v) is 4.01. The number of methoxy groups -OCH3 is 1. The van der Waals surface area contributed by atoms with Gasteiger partial charge in [-0.3, -0.25) is 14.4 Å². The van der Waals surface area contributed by atoms with Crippen molar-refractivity contribution in [3.63, 3.8) is 0 Å². The third kappa shape index (κ3) is 4.91. The lowest BCUT2D eigenvalue weighted by Crippen LogP contribution is -2.48. The lowest BCUT2D eigenvalue weighted by Gasteiger charge is -2.23. The highest BCUT2D eigenvalue weighted by Crippen LogP contribution is 2.23. The van der Waals surface area contributed by atoms with Crippen molar-refractivity contribution in [1.29, 1.82) is 0 Å². The molecule has 0 spiro atoms. The van der Waals surface area contributed by atoms with Gasteiger partial charge >= 0.3 is 5.97 Å². The summed E-state index contributed by atoms with van der Waals surface area (Å²) in [4.78, 5) is 37.5. The summed E-state index contributed by atoms with van der Waals surface area (Å²) >= 11 is 1.52. The molecule has 1 saturated heterocycles. The molecule has 142 valence electrons. The van der Waals surface area contributed by atoms with Crippen LogP contribution in [0.4, 0.5) is 0 Å². The third-order valence-corrected chi connectivity index (χ3v) is 5.35. The van der Waals surface area contributed by atoms with Gasteiger partial charge in [-0.1, -0.05) is 25.1 Å². The van der Waals surface area contributed by atoms with E-state index >= 15 is 0 Å². The Morgan fingerprint density at radius 1 is 1.38 bits per heavy atom. The van der Waals surface area contributed by atoms with Crippen LogP contribution in [0.5, 0.6) is 5.75 Å². The van der Waals surface area contributed by atoms with Gasteiger partial charge in [0.05, 0.1) is 18.9 Å². The molecule has 26 heavy (non-hydrogen) atoms. The summed E-state index contributed by atoms with van der Waals surface area (Å²) < 4.78 is 5.26. The quantitative estimate of drug-likeness (QED) is 0.707. The number of nitrogens with one attached hydrogen (secondary N) is 1. The van der Waals surface area contributed by atoms with Gasteiger partial charge in [0, 0.05) is 18.7 Å². The van der Waals surface area contributed by atoms with E-state index in [1.807, 2.05) is 18.2 Å². The number of rotatable bonds is 8. The summed E-state index contributed by atoms with van der Waals surface area (Å²) in [6.07, 6.45) is 0.590. The first-order chi connectivity index (χ1) is 12.5. The molecule has 2 rings (SSSR count). The average molecular weight is 380 g/mol. The highest BCUT2D eigenvalue weighted by atomic mass is 32.2. The van der Waals surface area contributed by atoms with Crippen molar-refractivity contribution in [2.45, 2.75) is 25.8 Å². The second-order valence-corrected chi connectivity index (χ2v) is 7.03. The minimum Gasteiger partial charge on any atom is -0.496 e. The number of aliphatic carboxylic acids is 1. The van der Waals surface area contributed by atoms with Crippen molar-refractivity contribution in [3.05, 3.63) is 29.8 Å². The number of amides is 2. The fraction of sp³-hybridized carbons (Fsp3) is 0.500. The zero-order valence-corrected chi connectivity index (χ0v) is 15.8. The van der Waals surface area contributed by atoms with Crippen LogP contribution in [0.1, 0.15) is 18.9 Å². The van der Waals surface area contributed by atoms with Crippen LogP contribution in [-0.4, -0.2) is 59.1 Å². The number of carbonyl (C=O) groups excluding carboxylic acids is 2. The summed E-state index contributed by atoms with van der Waals surface area (Å²) in [5.41, 5.74) is 0.774. The van der Waals surface area contributed by atoms with Crippen LogP contribution in [-0.2, 0) is 20.8 Å². The van der Waals surface area contributed by atoms with Gasteiger partial charge in [-0.2, -0.15) is 0 Å². The van der Waals surface area contributed by atoms with Crippen molar-refractivity contribution >= 4 is 29.5 Å². The summed E-state index contributed by atoms with van der Waals surface area (Å²) in [5, 5.41) is 12.2. The lowest BCUT2D eigenvalue weighted by molar-refractivity contribution is -0.142. The molecule has 1 aliphatic heterocycles. The monoisotopic (exact) mass is 380 g/mol. The number of para-hydroxylation sites is 1. The molecule has 0 saturated carbocycles. The van der Waals surface area contributed by atoms with Gasteiger partial charge in [-0.25, -0.2) is 0 Å². The van der Waals surface area contributed by atoms with Crippen LogP contribution in [0.25, 0.3) is 0 Å². The molecule has 0 radical (unpaired) electrons. The highest BCUT2D eigenvalue weighted by molar-refractivity contribution is 7.99. The van der Waals surface area contributed by atoms with Crippen molar-refractivity contribution in [2.24, 2.45) is 5.92 Å². The Kier molecular flexibility index (Phi) is 7.32. The summed E-state index contributed by atoms with van der Waals surface area (Å²) in [7, 11) is 1.54. The second-order valence-electron chi connectivity index (χ2n) is 6.03. The number of thioether (sulfide) groups is 1. The summed E-state index contributed by atoms with van der Waals surface area (Å²) in [5.74, 6) is -0.493. The molecule has 1 fully saturated rings. The summed E-state index contributed by atoms with van der Waals surface area (Å²) in [6, 6.07) is 6.69. The van der Waals surface area contributed by atoms with Crippen LogP contribution in [0.3, 0.4) is 0 Å². The molecule has 1 heterocycles. The number of hydrogen-bond acceptors (Lipinski definition) is 5. The average Bonchev–Trinajstić information content (AvgIpc) is 3.14. The standard InChI is InChI=1S/C18H24N2O5S/c1-3-16(21)20-11-26-10-14(20)17(22)19-9-13(18(23)24)8-12-6-4-5-7-15(12)25-2/h4-7,13-14H,3,8-11H2,1-2H3,(H,19,22)(H,23,24). The molecule has 0 aromatic heterocycles. The maximum absolute atomic E-state index is 12.4. The maximum Gasteiger partial charge on any atom is 0.308 e. The molecule has 1 aromatic rings. The molecule has 2 amide bonds. The van der Waals surface area contributed by atoms with Gasteiger partial charge in [0.15, 0.2) is 0 Å². The van der Waals surface area contributed by atoms with E-state index in [4.69, 9.17) is 4.74 Å². The number of nitrogens with zero attached hydrogens (tertiary/aromatic N) is 1. The van der Waals surface area contributed by atoms with Crippen LogP contribution >= 0.6 is 11.8 Å². The Morgan fingerprint density at radius 2 is 2.12 bits per heavy atom. The Labute approximate surface area is 157 Å². The normalized spacial score (nSPS) is 17.6. The number of benzene rings is 1. The molecule has 2 N–H and O–H groups in total. The Balaban J connectivity index is 1.99. The van der Waals surface area contributed by atoms with E-state index in [2.05, 4.69) is 5.32 Å². The van der Waals surface area contributed by atoms with Crippen molar-refractivity contribution in [3.8, 4) is 5.75 Å². The minimum atomic E-state index is -0.988. The largest absolute Gasteiger partial charge is 0.496 e. The second kappa shape index (κ2) is 9.47. The summed E-state index contributed by atoms with van der Waals surface area (Å²) in [6.45, 7) is 1.76. The lowest BCUT2D eigenvalue weighted by atomic mass is 9.98. The highest BCUT2D eigenvalue weighted by Gasteiger charge is 2.34. The Morgan fingerprint density at radius 3 is 2.77 bits per heavy atom. The molecular weight excluding hydrogens is 356 g/mol. The zero-order valence-electron chi connectivity index (χ0n) is 14.9. The van der Waals surface area contributed by atoms with E-state index in [-0.39, 0.29) is 24.8 Å². The maximum atomic E-state index is 12.4. The molecule has 1 aliphatic rings. The van der Waals surface area contributed by atoms with E-state index in [0.717, 1.165) is 5.56 Å². The smallest absolute Gasteiger partial charge is 0.308 e. The van der Waals surface area contributed by atoms with Gasteiger partial charge < -0.3 is 20.1 Å². The topological polar surface area (TPSA) is 95.9 Å². The van der Waals surface area contributed by atoms with Crippen molar-refractivity contribution in [1.82, 2.24) is 10.2 Å². The first-order valence-electron chi connectivity index (χ1n) is 8.47. The number of carboxylic acid groups (broad SMARTS) is 1. The SMILES string of the molecule is CCC(=O)N1CSCC1C(=O)NCC(Cc1ccccc1OC)C(=O)O. The Hall–Kier alpha value is -2.22. The van der Waals surface area contributed by atoms with E-state index in [1.54, 1.807) is 17.9 Å². The first-order valence-corrected chi connectivity index (χ1v) is 9.63. The van der Waals surface area contributed by atoms with Gasteiger partial charge in [0.25, 0.3) is 0 Å². The molecule has 7 nitrogen and oxygen atoms in total. The van der Waals surface area contributed by atoms with Gasteiger partial charge in [0.1, 0.15) is 11.8 Å². The zero-order chi connectivity index (χ0) is 19.1. The van der Waals surface area contributed by atoms with E-state index in [1.165, 1.54) is 18.9 Å². The van der Waals surface area contributed by atoms with Gasteiger partial charge in [-0.05, 0) is 18.1 Å². The van der Waals surface area contributed by atoms with Gasteiger partial charge in [0.2, 0.25) is 11.8 Å². The number of ether oxygens (including phenoxy) is 1. The molecular formula is C18H24N2O5S. The molecule has 0 bridgehead atoms. The molecule has 8 heteroatoms. The van der Waals surface area contributed by atoms with Gasteiger partial charge in [-0.15, -0.1) is 11.8 Å². The molecule has 2 atom stereocenters. The van der Waals surface area contributed by atoms with Crippen LogP contribution in [0.15, 0.2) is 24.3 Å². The number of carbonyl (C=O) groups is 3. The van der Waals surface area contributed by atoms with Crippen molar-refractivity contribution < 1.29 is 24.2 Å². The first kappa shape index (κ1) is 20.1. The minimum absolute atomic E-state index is 0.00153. The van der Waals surface area contributed by atoms with Crippen LogP contribution in [0.2, 0.25) is 0 Å². The number of carboxylic acids is 1. The molecule has 1 aromatic carbocycles. The van der Waals surface area contributed by atoms with Crippen molar-refractivity contribution in [2.75, 3.05) is 25.3 Å². The molecule has 0 aliphatic carbocycles. The number of hydrogen-bond donors (Lipinski definition) is 2. The van der Waals surface area contributed by atoms with E-state index in [9.17, 15) is 19.5 Å². The predicted molar refractivity (Wildman–Crippen MR) is 99.1 cm³/mol. The van der Waals surface area contributed by atoms with Crippen LogP contribution in [0, 0.1) is 5.92 Å². The fourth-order valence-electron chi connectivity index (χ4n) is 2.83. The van der Waals surface area contributed by atoms with Crippen LogP contribution < -0.4 is 10.1 Å². The third-order valence-electron chi connectivity index (χ3n) is 4.34. The predicted octanol–water partition coefficient (Wildman–Crippen LogP) is 1.37. The Bertz CT molecular complexity index is 667. The van der Waals surface area contributed by atoms with E-state index < -0.39 is 17.9 Å².